The van der Waals surface area contributed by atoms with E-state index in [1.165, 1.54) is 0 Å². The summed E-state index contributed by atoms with van der Waals surface area (Å²) in [6.07, 6.45) is 2.44. The lowest BCUT2D eigenvalue weighted by Gasteiger charge is -2.35. The Labute approximate surface area is 157 Å². The van der Waals surface area contributed by atoms with Crippen LogP contribution >= 0.6 is 0 Å². The van der Waals surface area contributed by atoms with Crippen molar-refractivity contribution >= 4 is 17.7 Å². The molecule has 0 atom stereocenters. The van der Waals surface area contributed by atoms with Crippen molar-refractivity contribution in [3.63, 3.8) is 0 Å². The summed E-state index contributed by atoms with van der Waals surface area (Å²) < 4.78 is 5.18. The first-order chi connectivity index (χ1) is 13.2. The van der Waals surface area contributed by atoms with Crippen LogP contribution in [0.1, 0.15) is 21.5 Å². The van der Waals surface area contributed by atoms with Crippen LogP contribution in [0.2, 0.25) is 0 Å². The van der Waals surface area contributed by atoms with Gasteiger partial charge in [-0.2, -0.15) is 0 Å². The molecule has 1 aromatic carbocycles. The number of hydrogen-bond acceptors (Lipinski definition) is 5. The number of pyridine rings is 1. The lowest BCUT2D eigenvalue weighted by molar-refractivity contribution is -0.125. The lowest BCUT2D eigenvalue weighted by atomic mass is 10.0. The molecule has 6 nitrogen and oxygen atoms in total. The highest BCUT2D eigenvalue weighted by atomic mass is 16.5. The number of aromatic nitrogens is 1. The summed E-state index contributed by atoms with van der Waals surface area (Å²) in [6, 6.07) is 11.3. The Morgan fingerprint density at radius 1 is 1.07 bits per heavy atom. The third-order valence-corrected chi connectivity index (χ3v) is 4.78. The maximum atomic E-state index is 12.3. The van der Waals surface area contributed by atoms with Crippen molar-refractivity contribution in [1.82, 2.24) is 9.88 Å². The summed E-state index contributed by atoms with van der Waals surface area (Å²) in [7, 11) is 0. The molecule has 27 heavy (non-hydrogen) atoms. The zero-order chi connectivity index (χ0) is 18.6. The van der Waals surface area contributed by atoms with E-state index in [4.69, 9.17) is 4.74 Å². The summed E-state index contributed by atoms with van der Waals surface area (Å²) in [4.78, 5) is 32.7. The number of fused-ring (bicyclic) bond motifs is 1. The largest absolute Gasteiger partial charge is 0.462 e. The van der Waals surface area contributed by atoms with E-state index in [1.807, 2.05) is 41.3 Å². The van der Waals surface area contributed by atoms with Gasteiger partial charge in [0.1, 0.15) is 11.4 Å². The molecule has 2 aromatic rings. The first-order valence-electron chi connectivity index (χ1n) is 8.98. The molecule has 1 aromatic heterocycles. The summed E-state index contributed by atoms with van der Waals surface area (Å²) >= 11 is 0. The topological polar surface area (TPSA) is 62.7 Å². The van der Waals surface area contributed by atoms with E-state index in [9.17, 15) is 9.59 Å². The quantitative estimate of drug-likeness (QED) is 0.569. The molecule has 2 aliphatic heterocycles. The molecular formula is C21H19N3O3. The van der Waals surface area contributed by atoms with Gasteiger partial charge in [-0.15, -0.1) is 0 Å². The average Bonchev–Trinajstić information content (AvgIpc) is 2.73. The van der Waals surface area contributed by atoms with E-state index >= 15 is 0 Å². The van der Waals surface area contributed by atoms with Crippen LogP contribution in [-0.2, 0) is 16.0 Å². The molecule has 0 N–H and O–H groups in total. The molecule has 0 aliphatic carbocycles. The summed E-state index contributed by atoms with van der Waals surface area (Å²) in [5.41, 5.74) is 2.36. The van der Waals surface area contributed by atoms with Gasteiger partial charge in [0.2, 0.25) is 0 Å². The SMILES string of the molecule is O=C1OCCc2ccnc(N3CCN(C(=O)C#Cc4ccccc4)CC3)c21. The molecule has 3 heterocycles. The Morgan fingerprint density at radius 3 is 2.63 bits per heavy atom. The van der Waals surface area contributed by atoms with Gasteiger partial charge in [0, 0.05) is 50.3 Å². The number of anilines is 1. The number of cyclic esters (lactones) is 1. The minimum Gasteiger partial charge on any atom is -0.462 e. The molecule has 0 spiro atoms. The van der Waals surface area contributed by atoms with Crippen LogP contribution < -0.4 is 4.90 Å². The third kappa shape index (κ3) is 3.63. The van der Waals surface area contributed by atoms with Crippen molar-refractivity contribution in [2.75, 3.05) is 37.7 Å². The number of rotatable bonds is 1. The van der Waals surface area contributed by atoms with E-state index in [1.54, 1.807) is 11.1 Å². The number of carbonyl (C=O) groups excluding carboxylic acids is 2. The minimum absolute atomic E-state index is 0.180. The lowest BCUT2D eigenvalue weighted by Crippen LogP contribution is -2.49. The van der Waals surface area contributed by atoms with Gasteiger partial charge in [-0.25, -0.2) is 9.78 Å². The minimum atomic E-state index is -0.313. The van der Waals surface area contributed by atoms with E-state index in [2.05, 4.69) is 16.8 Å². The van der Waals surface area contributed by atoms with Crippen molar-refractivity contribution in [1.29, 1.82) is 0 Å². The highest BCUT2D eigenvalue weighted by Crippen LogP contribution is 2.26. The highest BCUT2D eigenvalue weighted by Gasteiger charge is 2.28. The van der Waals surface area contributed by atoms with Gasteiger partial charge >= 0.3 is 5.97 Å². The van der Waals surface area contributed by atoms with E-state index in [-0.39, 0.29) is 11.9 Å². The number of nitrogens with zero attached hydrogens (tertiary/aromatic N) is 3. The molecule has 1 saturated heterocycles. The van der Waals surface area contributed by atoms with Crippen LogP contribution in [0, 0.1) is 11.8 Å². The zero-order valence-corrected chi connectivity index (χ0v) is 14.9. The number of ether oxygens (including phenoxy) is 1. The van der Waals surface area contributed by atoms with E-state index in [0.717, 1.165) is 11.1 Å². The first kappa shape index (κ1) is 17.1. The van der Waals surface area contributed by atoms with Crippen LogP contribution in [0.5, 0.6) is 0 Å². The molecule has 0 saturated carbocycles. The first-order valence-corrected chi connectivity index (χ1v) is 8.98. The number of benzene rings is 1. The summed E-state index contributed by atoms with van der Waals surface area (Å²) in [5.74, 6) is 5.77. The van der Waals surface area contributed by atoms with Crippen LogP contribution in [0.3, 0.4) is 0 Å². The Balaban J connectivity index is 1.44. The molecule has 6 heteroatoms. The standard InChI is InChI=1S/C21H19N3O3/c25-18(7-6-16-4-2-1-3-5-16)23-11-13-24(14-12-23)20-19-17(8-10-22-20)9-15-27-21(19)26/h1-5,8,10H,9,11-15H2. The Bertz CT molecular complexity index is 923. The van der Waals surface area contributed by atoms with Gasteiger partial charge in [0.25, 0.3) is 5.91 Å². The van der Waals surface area contributed by atoms with E-state index in [0.29, 0.717) is 50.6 Å². The van der Waals surface area contributed by atoms with Gasteiger partial charge in [-0.3, -0.25) is 4.79 Å². The Hall–Kier alpha value is -3.33. The van der Waals surface area contributed by atoms with Crippen LogP contribution in [0.4, 0.5) is 5.82 Å². The van der Waals surface area contributed by atoms with Gasteiger partial charge < -0.3 is 14.5 Å². The zero-order valence-electron chi connectivity index (χ0n) is 14.9. The van der Waals surface area contributed by atoms with Crippen LogP contribution in [0.25, 0.3) is 0 Å². The van der Waals surface area contributed by atoms with Crippen molar-refractivity contribution in [2.24, 2.45) is 0 Å². The van der Waals surface area contributed by atoms with Crippen molar-refractivity contribution in [2.45, 2.75) is 6.42 Å². The second-order valence-corrected chi connectivity index (χ2v) is 6.45. The molecule has 0 unspecified atom stereocenters. The van der Waals surface area contributed by atoms with Gasteiger partial charge in [0.05, 0.1) is 6.61 Å². The second kappa shape index (κ2) is 7.50. The molecule has 136 valence electrons. The number of hydrogen-bond donors (Lipinski definition) is 0. The Kier molecular flexibility index (Phi) is 4.75. The molecule has 1 fully saturated rings. The average molecular weight is 361 g/mol. The van der Waals surface area contributed by atoms with Gasteiger partial charge in [0.15, 0.2) is 0 Å². The van der Waals surface area contributed by atoms with Crippen molar-refractivity contribution < 1.29 is 14.3 Å². The predicted octanol–water partition coefficient (Wildman–Crippen LogP) is 1.49. The molecule has 2 aliphatic rings. The number of piperazine rings is 1. The van der Waals surface area contributed by atoms with Crippen LogP contribution in [-0.4, -0.2) is 54.5 Å². The summed E-state index contributed by atoms with van der Waals surface area (Å²) in [6.45, 7) is 2.72. The number of carbonyl (C=O) groups is 2. The molecule has 1 amide bonds. The van der Waals surface area contributed by atoms with Gasteiger partial charge in [-0.05, 0) is 23.8 Å². The second-order valence-electron chi connectivity index (χ2n) is 6.45. The Morgan fingerprint density at radius 2 is 1.85 bits per heavy atom. The van der Waals surface area contributed by atoms with Crippen LogP contribution in [0.15, 0.2) is 42.6 Å². The van der Waals surface area contributed by atoms with Crippen molar-refractivity contribution in [3.8, 4) is 11.8 Å². The smallest absolute Gasteiger partial charge is 0.342 e. The molecular weight excluding hydrogens is 342 g/mol. The fraction of sp³-hybridized carbons (Fsp3) is 0.286. The van der Waals surface area contributed by atoms with Crippen molar-refractivity contribution in [3.05, 3.63) is 59.3 Å². The molecule has 0 radical (unpaired) electrons. The summed E-state index contributed by atoms with van der Waals surface area (Å²) in [5, 5.41) is 0. The van der Waals surface area contributed by atoms with E-state index < -0.39 is 0 Å². The fourth-order valence-electron chi connectivity index (χ4n) is 3.33. The van der Waals surface area contributed by atoms with Gasteiger partial charge in [-0.1, -0.05) is 24.1 Å². The number of esters is 1. The monoisotopic (exact) mass is 361 g/mol. The third-order valence-electron chi connectivity index (χ3n) is 4.78. The number of amides is 1. The maximum Gasteiger partial charge on any atom is 0.342 e. The fourth-order valence-corrected chi connectivity index (χ4v) is 3.33. The molecule has 0 bridgehead atoms. The maximum absolute atomic E-state index is 12.3. The molecule has 4 rings (SSSR count). The predicted molar refractivity (Wildman–Crippen MR) is 100 cm³/mol. The normalized spacial score (nSPS) is 16.1. The highest BCUT2D eigenvalue weighted by molar-refractivity contribution is 5.97.